The third-order valence-electron chi connectivity index (χ3n) is 3.12. The minimum atomic E-state index is 0.494. The van der Waals surface area contributed by atoms with Crippen molar-refractivity contribution in [3.05, 3.63) is 47.0 Å². The Balaban J connectivity index is 2.09. The molecule has 0 aliphatic heterocycles. The Morgan fingerprint density at radius 2 is 1.95 bits per heavy atom. The summed E-state index contributed by atoms with van der Waals surface area (Å²) in [4.78, 5) is 4.43. The number of hydrogen-bond donors (Lipinski definition) is 1. The topological polar surface area (TPSA) is 52.0 Å². The summed E-state index contributed by atoms with van der Waals surface area (Å²) in [6, 6.07) is 11.6. The average molecular weight is 273 g/mol. The van der Waals surface area contributed by atoms with Gasteiger partial charge in [0.05, 0.1) is 10.7 Å². The highest BCUT2D eigenvalue weighted by Gasteiger charge is 2.10. The number of nitrogens with zero attached hydrogens (tertiary/aromatic N) is 1. The van der Waals surface area contributed by atoms with Crippen molar-refractivity contribution < 1.29 is 4.42 Å². The largest absolute Gasteiger partial charge is 0.436 e. The Morgan fingerprint density at radius 3 is 2.63 bits per heavy atom. The van der Waals surface area contributed by atoms with Gasteiger partial charge in [-0.25, -0.2) is 4.98 Å². The minimum Gasteiger partial charge on any atom is -0.436 e. The van der Waals surface area contributed by atoms with Crippen molar-refractivity contribution in [1.82, 2.24) is 4.98 Å². The summed E-state index contributed by atoms with van der Waals surface area (Å²) in [5.41, 5.74) is 9.85. The molecule has 2 aromatic carbocycles. The summed E-state index contributed by atoms with van der Waals surface area (Å²) in [6.07, 6.45) is 1.01. The van der Waals surface area contributed by atoms with E-state index < -0.39 is 0 Å². The molecule has 1 heterocycles. The van der Waals surface area contributed by atoms with Crippen LogP contribution in [0, 0.1) is 0 Å². The van der Waals surface area contributed by atoms with Gasteiger partial charge in [0.1, 0.15) is 5.52 Å². The van der Waals surface area contributed by atoms with Gasteiger partial charge in [-0.15, -0.1) is 0 Å². The van der Waals surface area contributed by atoms with E-state index in [-0.39, 0.29) is 0 Å². The molecule has 3 nitrogen and oxygen atoms in total. The first-order valence-electron chi connectivity index (χ1n) is 6.12. The maximum absolute atomic E-state index is 5.98. The van der Waals surface area contributed by atoms with E-state index in [9.17, 15) is 0 Å². The number of oxazole rings is 1. The van der Waals surface area contributed by atoms with Crippen LogP contribution in [0.25, 0.3) is 22.6 Å². The van der Waals surface area contributed by atoms with E-state index in [1.54, 1.807) is 12.1 Å². The summed E-state index contributed by atoms with van der Waals surface area (Å²) >= 11 is 5.98. The number of nitrogens with two attached hydrogens (primary N) is 1. The summed E-state index contributed by atoms with van der Waals surface area (Å²) in [5.74, 6) is 0.583. The number of rotatable bonds is 2. The van der Waals surface area contributed by atoms with Crippen molar-refractivity contribution in [3.8, 4) is 11.5 Å². The van der Waals surface area contributed by atoms with Crippen LogP contribution in [-0.2, 0) is 6.42 Å². The Hall–Kier alpha value is -2.00. The molecule has 96 valence electrons. The smallest absolute Gasteiger partial charge is 0.227 e. The summed E-state index contributed by atoms with van der Waals surface area (Å²) in [5, 5.41) is 0.494. The number of benzene rings is 2. The molecule has 0 amide bonds. The van der Waals surface area contributed by atoms with Crippen LogP contribution in [0.3, 0.4) is 0 Å². The van der Waals surface area contributed by atoms with Crippen LogP contribution in [0.4, 0.5) is 5.69 Å². The van der Waals surface area contributed by atoms with Gasteiger partial charge in [-0.2, -0.15) is 0 Å². The van der Waals surface area contributed by atoms with Gasteiger partial charge in [0.2, 0.25) is 5.89 Å². The van der Waals surface area contributed by atoms with Crippen molar-refractivity contribution in [3.63, 3.8) is 0 Å². The molecule has 0 fully saturated rings. The fourth-order valence-electron chi connectivity index (χ4n) is 1.97. The standard InChI is InChI=1S/C15H13ClN2O/c1-2-9-3-5-10(6-4-9)15-18-13-7-11(16)12(17)8-14(13)19-15/h3-8H,2,17H2,1H3. The second-order valence-electron chi connectivity index (χ2n) is 4.41. The van der Waals surface area contributed by atoms with Crippen LogP contribution < -0.4 is 5.73 Å². The maximum Gasteiger partial charge on any atom is 0.227 e. The molecule has 0 spiro atoms. The Morgan fingerprint density at radius 1 is 1.21 bits per heavy atom. The average Bonchev–Trinajstić information content (AvgIpc) is 2.82. The zero-order valence-corrected chi connectivity index (χ0v) is 11.2. The molecule has 0 aliphatic rings. The van der Waals surface area contributed by atoms with Crippen LogP contribution in [-0.4, -0.2) is 4.98 Å². The second kappa shape index (κ2) is 4.59. The van der Waals surface area contributed by atoms with Gasteiger partial charge in [0.25, 0.3) is 0 Å². The Kier molecular flexibility index (Phi) is 2.91. The number of aromatic nitrogens is 1. The molecule has 0 bridgehead atoms. The molecule has 4 heteroatoms. The minimum absolute atomic E-state index is 0.494. The second-order valence-corrected chi connectivity index (χ2v) is 4.82. The third-order valence-corrected chi connectivity index (χ3v) is 3.44. The molecule has 0 atom stereocenters. The highest BCUT2D eigenvalue weighted by molar-refractivity contribution is 6.33. The summed E-state index contributed by atoms with van der Waals surface area (Å²) in [6.45, 7) is 2.12. The summed E-state index contributed by atoms with van der Waals surface area (Å²) in [7, 11) is 0. The lowest BCUT2D eigenvalue weighted by Gasteiger charge is -1.97. The van der Waals surface area contributed by atoms with E-state index in [1.165, 1.54) is 5.56 Å². The molecule has 19 heavy (non-hydrogen) atoms. The first-order valence-corrected chi connectivity index (χ1v) is 6.50. The van der Waals surface area contributed by atoms with Crippen molar-refractivity contribution in [2.45, 2.75) is 13.3 Å². The number of nitrogen functional groups attached to an aromatic ring is 1. The Labute approximate surface area is 116 Å². The fourth-order valence-corrected chi connectivity index (χ4v) is 2.13. The maximum atomic E-state index is 5.98. The zero-order valence-electron chi connectivity index (χ0n) is 10.5. The van der Waals surface area contributed by atoms with E-state index >= 15 is 0 Å². The number of halogens is 1. The predicted molar refractivity (Wildman–Crippen MR) is 78.2 cm³/mol. The first-order chi connectivity index (χ1) is 9.17. The lowest BCUT2D eigenvalue weighted by molar-refractivity contribution is 0.620. The van der Waals surface area contributed by atoms with Gasteiger partial charge in [0, 0.05) is 11.6 Å². The van der Waals surface area contributed by atoms with E-state index in [4.69, 9.17) is 21.8 Å². The molecule has 0 aliphatic carbocycles. The number of hydrogen-bond acceptors (Lipinski definition) is 3. The highest BCUT2D eigenvalue weighted by Crippen LogP contribution is 2.29. The number of fused-ring (bicyclic) bond motifs is 1. The van der Waals surface area contributed by atoms with Gasteiger partial charge in [-0.3, -0.25) is 0 Å². The van der Waals surface area contributed by atoms with Gasteiger partial charge in [-0.05, 0) is 30.2 Å². The van der Waals surface area contributed by atoms with Gasteiger partial charge in [0.15, 0.2) is 5.58 Å². The van der Waals surface area contributed by atoms with Gasteiger partial charge < -0.3 is 10.2 Å². The fraction of sp³-hybridized carbons (Fsp3) is 0.133. The molecule has 2 N–H and O–H groups in total. The SMILES string of the molecule is CCc1ccc(-c2nc3cc(Cl)c(N)cc3o2)cc1. The number of anilines is 1. The van der Waals surface area contributed by atoms with E-state index in [0.717, 1.165) is 12.0 Å². The third kappa shape index (κ3) is 2.17. The molecular formula is C15H13ClN2O. The lowest BCUT2D eigenvalue weighted by Crippen LogP contribution is -1.84. The molecule has 0 unspecified atom stereocenters. The summed E-state index contributed by atoms with van der Waals surface area (Å²) < 4.78 is 5.71. The zero-order chi connectivity index (χ0) is 13.4. The molecule has 1 aromatic heterocycles. The highest BCUT2D eigenvalue weighted by atomic mass is 35.5. The van der Waals surface area contributed by atoms with Crippen molar-refractivity contribution in [1.29, 1.82) is 0 Å². The van der Waals surface area contributed by atoms with Crippen LogP contribution in [0.5, 0.6) is 0 Å². The molecule has 0 saturated heterocycles. The quantitative estimate of drug-likeness (QED) is 0.708. The van der Waals surface area contributed by atoms with E-state index in [1.807, 2.05) is 12.1 Å². The van der Waals surface area contributed by atoms with E-state index in [0.29, 0.717) is 27.7 Å². The van der Waals surface area contributed by atoms with Gasteiger partial charge in [-0.1, -0.05) is 30.7 Å². The molecule has 0 radical (unpaired) electrons. The molecular weight excluding hydrogens is 260 g/mol. The monoisotopic (exact) mass is 272 g/mol. The van der Waals surface area contributed by atoms with Crippen molar-refractivity contribution in [2.75, 3.05) is 5.73 Å². The first kappa shape index (κ1) is 12.1. The lowest BCUT2D eigenvalue weighted by atomic mass is 10.1. The number of aryl methyl sites for hydroxylation is 1. The predicted octanol–water partition coefficient (Wildman–Crippen LogP) is 4.29. The molecule has 3 rings (SSSR count). The van der Waals surface area contributed by atoms with Crippen molar-refractivity contribution >= 4 is 28.4 Å². The van der Waals surface area contributed by atoms with Gasteiger partial charge >= 0.3 is 0 Å². The van der Waals surface area contributed by atoms with E-state index in [2.05, 4.69) is 24.0 Å². The van der Waals surface area contributed by atoms with Crippen LogP contribution in [0.2, 0.25) is 5.02 Å². The molecule has 0 saturated carbocycles. The van der Waals surface area contributed by atoms with Crippen LogP contribution >= 0.6 is 11.6 Å². The molecule has 3 aromatic rings. The van der Waals surface area contributed by atoms with Crippen LogP contribution in [0.15, 0.2) is 40.8 Å². The van der Waals surface area contributed by atoms with Crippen LogP contribution in [0.1, 0.15) is 12.5 Å². The van der Waals surface area contributed by atoms with Crippen molar-refractivity contribution in [2.24, 2.45) is 0 Å². The Bertz CT molecular complexity index is 693. The normalized spacial score (nSPS) is 11.1.